The summed E-state index contributed by atoms with van der Waals surface area (Å²) in [6.07, 6.45) is 5.29. The quantitative estimate of drug-likeness (QED) is 0.793. The number of aryl methyl sites for hydroxylation is 1. The summed E-state index contributed by atoms with van der Waals surface area (Å²) in [5.74, 6) is 0.736. The molecule has 1 aliphatic heterocycles. The molecular formula is C13H16ClN3O. The average molecular weight is 266 g/mol. The summed E-state index contributed by atoms with van der Waals surface area (Å²) >= 11 is 5.79. The van der Waals surface area contributed by atoms with Gasteiger partial charge in [-0.15, -0.1) is 0 Å². The number of amides is 2. The molecule has 18 heavy (non-hydrogen) atoms. The third-order valence-electron chi connectivity index (χ3n) is 4.03. The van der Waals surface area contributed by atoms with Crippen LogP contribution in [0.3, 0.4) is 0 Å². The van der Waals surface area contributed by atoms with Gasteiger partial charge in [-0.3, -0.25) is 0 Å². The number of hydrogen-bond acceptors (Lipinski definition) is 2. The first-order chi connectivity index (χ1) is 8.65. The van der Waals surface area contributed by atoms with Crippen LogP contribution in [-0.4, -0.2) is 28.5 Å². The zero-order valence-corrected chi connectivity index (χ0v) is 11.1. The van der Waals surface area contributed by atoms with E-state index in [1.807, 2.05) is 11.8 Å². The van der Waals surface area contributed by atoms with Gasteiger partial charge in [-0.05, 0) is 37.3 Å². The molecule has 0 spiro atoms. The smallest absolute Gasteiger partial charge is 0.321 e. The molecule has 0 bridgehead atoms. The SMILES string of the molecule is Cc1cc(Cl)ncc1NC(=O)N1CC2CCCC21. The molecule has 2 heterocycles. The fraction of sp³-hybridized carbons (Fsp3) is 0.538. The lowest BCUT2D eigenvalue weighted by molar-refractivity contribution is 0.0797. The molecule has 2 aliphatic rings. The zero-order valence-electron chi connectivity index (χ0n) is 10.3. The Morgan fingerprint density at radius 3 is 3.11 bits per heavy atom. The number of fused-ring (bicyclic) bond motifs is 1. The highest BCUT2D eigenvalue weighted by molar-refractivity contribution is 6.29. The molecule has 1 N–H and O–H groups in total. The molecule has 0 aromatic carbocycles. The van der Waals surface area contributed by atoms with E-state index in [4.69, 9.17) is 11.6 Å². The van der Waals surface area contributed by atoms with E-state index in [0.29, 0.717) is 11.2 Å². The molecule has 1 saturated heterocycles. The number of nitrogens with zero attached hydrogens (tertiary/aromatic N) is 2. The van der Waals surface area contributed by atoms with Gasteiger partial charge in [0.2, 0.25) is 0 Å². The summed E-state index contributed by atoms with van der Waals surface area (Å²) in [5.41, 5.74) is 1.68. The second-order valence-corrected chi connectivity index (χ2v) is 5.55. The van der Waals surface area contributed by atoms with Crippen LogP contribution in [-0.2, 0) is 0 Å². The fourth-order valence-corrected chi connectivity index (χ4v) is 3.18. The number of hydrogen-bond donors (Lipinski definition) is 1. The van der Waals surface area contributed by atoms with Crippen molar-refractivity contribution in [2.45, 2.75) is 32.2 Å². The van der Waals surface area contributed by atoms with Gasteiger partial charge in [-0.2, -0.15) is 0 Å². The minimum Gasteiger partial charge on any atom is -0.321 e. The van der Waals surface area contributed by atoms with Crippen LogP contribution < -0.4 is 5.32 Å². The van der Waals surface area contributed by atoms with Gasteiger partial charge in [0, 0.05) is 12.6 Å². The average Bonchev–Trinajstić information content (AvgIpc) is 2.64. The maximum Gasteiger partial charge on any atom is 0.322 e. The van der Waals surface area contributed by atoms with Crippen LogP contribution in [0.4, 0.5) is 10.5 Å². The highest BCUT2D eigenvalue weighted by Crippen LogP contribution is 2.39. The van der Waals surface area contributed by atoms with E-state index in [-0.39, 0.29) is 6.03 Å². The van der Waals surface area contributed by atoms with Gasteiger partial charge < -0.3 is 10.2 Å². The summed E-state index contributed by atoms with van der Waals surface area (Å²) < 4.78 is 0. The van der Waals surface area contributed by atoms with Crippen molar-refractivity contribution in [3.8, 4) is 0 Å². The monoisotopic (exact) mass is 265 g/mol. The lowest BCUT2D eigenvalue weighted by Gasteiger charge is -2.44. The van der Waals surface area contributed by atoms with Gasteiger partial charge in [0.15, 0.2) is 0 Å². The Balaban J connectivity index is 1.67. The van der Waals surface area contributed by atoms with E-state index >= 15 is 0 Å². The molecule has 4 nitrogen and oxygen atoms in total. The first kappa shape index (κ1) is 11.8. The Labute approximate surface area is 111 Å². The van der Waals surface area contributed by atoms with E-state index in [0.717, 1.165) is 30.1 Å². The Hall–Kier alpha value is -1.29. The van der Waals surface area contributed by atoms with Crippen LogP contribution >= 0.6 is 11.6 Å². The molecule has 2 atom stereocenters. The summed E-state index contributed by atoms with van der Waals surface area (Å²) in [4.78, 5) is 18.1. The van der Waals surface area contributed by atoms with Crippen molar-refractivity contribution in [3.05, 3.63) is 23.0 Å². The second-order valence-electron chi connectivity index (χ2n) is 5.16. The minimum absolute atomic E-state index is 0.00891. The summed E-state index contributed by atoms with van der Waals surface area (Å²) in [6, 6.07) is 2.21. The van der Waals surface area contributed by atoms with Gasteiger partial charge in [0.25, 0.3) is 0 Å². The first-order valence-electron chi connectivity index (χ1n) is 6.35. The normalized spacial score (nSPS) is 25.6. The van der Waals surface area contributed by atoms with Crippen LogP contribution in [0, 0.1) is 12.8 Å². The molecule has 1 saturated carbocycles. The standard InChI is InChI=1S/C13H16ClN3O/c1-8-5-12(14)15-6-10(8)16-13(18)17-7-9-3-2-4-11(9)17/h5-6,9,11H,2-4,7H2,1H3,(H,16,18). The number of rotatable bonds is 1. The van der Waals surface area contributed by atoms with Crippen molar-refractivity contribution in [2.24, 2.45) is 5.92 Å². The van der Waals surface area contributed by atoms with Crippen LogP contribution in [0.1, 0.15) is 24.8 Å². The Morgan fingerprint density at radius 2 is 2.39 bits per heavy atom. The molecule has 2 unspecified atom stereocenters. The Morgan fingerprint density at radius 1 is 1.56 bits per heavy atom. The van der Waals surface area contributed by atoms with Crippen LogP contribution in [0.15, 0.2) is 12.3 Å². The zero-order chi connectivity index (χ0) is 12.7. The highest BCUT2D eigenvalue weighted by atomic mass is 35.5. The van der Waals surface area contributed by atoms with Gasteiger partial charge in [-0.25, -0.2) is 9.78 Å². The molecule has 2 fully saturated rings. The Kier molecular flexibility index (Phi) is 2.90. The number of carbonyl (C=O) groups excluding carboxylic acids is 1. The predicted octanol–water partition coefficient (Wildman–Crippen LogP) is 3.06. The predicted molar refractivity (Wildman–Crippen MR) is 70.8 cm³/mol. The van der Waals surface area contributed by atoms with E-state index in [2.05, 4.69) is 10.3 Å². The molecule has 96 valence electrons. The molecule has 3 rings (SSSR count). The van der Waals surface area contributed by atoms with Crippen molar-refractivity contribution in [1.29, 1.82) is 0 Å². The molecular weight excluding hydrogens is 250 g/mol. The maximum atomic E-state index is 12.1. The molecule has 1 aliphatic carbocycles. The fourth-order valence-electron chi connectivity index (χ4n) is 2.96. The van der Waals surface area contributed by atoms with Gasteiger partial charge >= 0.3 is 6.03 Å². The van der Waals surface area contributed by atoms with Gasteiger partial charge in [0.05, 0.1) is 11.9 Å². The van der Waals surface area contributed by atoms with E-state index in [1.54, 1.807) is 12.3 Å². The number of nitrogens with one attached hydrogen (secondary N) is 1. The Bertz CT molecular complexity index is 491. The number of aromatic nitrogens is 1. The lowest BCUT2D eigenvalue weighted by Crippen LogP contribution is -2.57. The second kappa shape index (κ2) is 4.43. The van der Waals surface area contributed by atoms with Crippen LogP contribution in [0.5, 0.6) is 0 Å². The molecule has 0 radical (unpaired) electrons. The van der Waals surface area contributed by atoms with Crippen molar-refractivity contribution in [3.63, 3.8) is 0 Å². The van der Waals surface area contributed by atoms with Gasteiger partial charge in [-0.1, -0.05) is 18.0 Å². The highest BCUT2D eigenvalue weighted by Gasteiger charge is 2.44. The van der Waals surface area contributed by atoms with E-state index < -0.39 is 0 Å². The summed E-state index contributed by atoms with van der Waals surface area (Å²) in [7, 11) is 0. The molecule has 1 aromatic heterocycles. The van der Waals surface area contributed by atoms with Crippen LogP contribution in [0.25, 0.3) is 0 Å². The number of carbonyl (C=O) groups is 1. The number of urea groups is 1. The third kappa shape index (κ3) is 1.94. The number of pyridine rings is 1. The van der Waals surface area contributed by atoms with Crippen molar-refractivity contribution in [2.75, 3.05) is 11.9 Å². The third-order valence-corrected chi connectivity index (χ3v) is 4.24. The lowest BCUT2D eigenvalue weighted by atomic mass is 9.92. The molecule has 2 amide bonds. The van der Waals surface area contributed by atoms with Crippen LogP contribution in [0.2, 0.25) is 5.15 Å². The summed E-state index contributed by atoms with van der Waals surface area (Å²) in [5, 5.41) is 3.37. The molecule has 5 heteroatoms. The summed E-state index contributed by atoms with van der Waals surface area (Å²) in [6.45, 7) is 2.81. The largest absolute Gasteiger partial charge is 0.322 e. The van der Waals surface area contributed by atoms with E-state index in [9.17, 15) is 4.79 Å². The van der Waals surface area contributed by atoms with Gasteiger partial charge in [0.1, 0.15) is 5.15 Å². The van der Waals surface area contributed by atoms with Crippen molar-refractivity contribution >= 4 is 23.3 Å². The van der Waals surface area contributed by atoms with Crippen molar-refractivity contribution in [1.82, 2.24) is 9.88 Å². The molecule has 1 aromatic rings. The van der Waals surface area contributed by atoms with E-state index in [1.165, 1.54) is 12.8 Å². The number of halogens is 1. The first-order valence-corrected chi connectivity index (χ1v) is 6.73. The maximum absolute atomic E-state index is 12.1. The number of likely N-dealkylation sites (tertiary alicyclic amines) is 1. The minimum atomic E-state index is -0.00891. The van der Waals surface area contributed by atoms with Crippen molar-refractivity contribution < 1.29 is 4.79 Å². The topological polar surface area (TPSA) is 45.2 Å². The number of anilines is 1.